The van der Waals surface area contributed by atoms with Crippen LogP contribution in [0.5, 0.6) is 0 Å². The molecule has 2 N–H and O–H groups in total. The number of rotatable bonds is 5. The number of carbonyl (C=O) groups is 1. The van der Waals surface area contributed by atoms with Crippen molar-refractivity contribution < 1.29 is 9.90 Å². The Bertz CT molecular complexity index is 815. The minimum atomic E-state index is -0.0654. The Morgan fingerprint density at radius 1 is 1.00 bits per heavy atom. The lowest BCUT2D eigenvalue weighted by Gasteiger charge is -2.60. The van der Waals surface area contributed by atoms with Gasteiger partial charge in [0.15, 0.2) is 0 Å². The summed E-state index contributed by atoms with van der Waals surface area (Å²) in [6, 6.07) is 10.8. The van der Waals surface area contributed by atoms with Crippen molar-refractivity contribution in [2.45, 2.75) is 89.5 Å². The smallest absolute Gasteiger partial charge is 0.230 e. The maximum Gasteiger partial charge on any atom is 0.230 e. The fourth-order valence-electron chi connectivity index (χ4n) is 8.54. The van der Waals surface area contributed by atoms with Crippen molar-refractivity contribution in [2.24, 2.45) is 34.5 Å². The lowest BCUT2D eigenvalue weighted by molar-refractivity contribution is -0.128. The average molecular weight is 456 g/mol. The Morgan fingerprint density at radius 3 is 2.56 bits per heavy atom. The molecule has 5 rings (SSSR count). The molecule has 32 heavy (non-hydrogen) atoms. The summed E-state index contributed by atoms with van der Waals surface area (Å²) in [5.41, 5.74) is 1.98. The Labute approximate surface area is 198 Å². The first-order valence-electron chi connectivity index (χ1n) is 13.0. The maximum atomic E-state index is 12.8. The quantitative estimate of drug-likeness (QED) is 0.589. The standard InChI is InChI=1S/C28H41NO2S/c1-27-14-12-21(30)16-20(27)8-9-22-23-10-11-25(28(23,2)15-13-24(22)27)29-26(31)18-32-17-19-6-4-3-5-7-19/h3-7,20-25,30H,8-18H2,1-2H3,(H,29,31). The number of fused-ring (bicyclic) bond motifs is 5. The van der Waals surface area contributed by atoms with Gasteiger partial charge < -0.3 is 10.4 Å². The minimum absolute atomic E-state index is 0.0654. The molecule has 4 saturated carbocycles. The highest BCUT2D eigenvalue weighted by Gasteiger charge is 2.60. The average Bonchev–Trinajstić information content (AvgIpc) is 3.11. The van der Waals surface area contributed by atoms with Crippen LogP contribution in [0, 0.1) is 34.5 Å². The molecule has 0 spiro atoms. The molecule has 8 unspecified atom stereocenters. The number of benzene rings is 1. The summed E-state index contributed by atoms with van der Waals surface area (Å²) in [7, 11) is 0. The van der Waals surface area contributed by atoms with Crippen molar-refractivity contribution in [1.82, 2.24) is 5.32 Å². The molecule has 8 atom stereocenters. The van der Waals surface area contributed by atoms with Crippen molar-refractivity contribution in [3.05, 3.63) is 35.9 Å². The van der Waals surface area contributed by atoms with Gasteiger partial charge in [-0.3, -0.25) is 4.79 Å². The van der Waals surface area contributed by atoms with Crippen molar-refractivity contribution in [3.63, 3.8) is 0 Å². The number of nitrogens with one attached hydrogen (secondary N) is 1. The van der Waals surface area contributed by atoms with E-state index in [1.165, 1.54) is 44.1 Å². The summed E-state index contributed by atoms with van der Waals surface area (Å²) in [6.45, 7) is 5.04. The van der Waals surface area contributed by atoms with Crippen LogP contribution in [0.3, 0.4) is 0 Å². The van der Waals surface area contributed by atoms with E-state index in [4.69, 9.17) is 0 Å². The Balaban J connectivity index is 1.20. The molecule has 0 saturated heterocycles. The van der Waals surface area contributed by atoms with Gasteiger partial charge in [-0.05, 0) is 97.9 Å². The molecule has 1 amide bonds. The van der Waals surface area contributed by atoms with Crippen LogP contribution in [0.2, 0.25) is 0 Å². The van der Waals surface area contributed by atoms with E-state index in [0.717, 1.165) is 48.7 Å². The first-order chi connectivity index (χ1) is 15.4. The molecule has 0 bridgehead atoms. The molecule has 3 nitrogen and oxygen atoms in total. The maximum absolute atomic E-state index is 12.8. The number of aliphatic hydroxyl groups is 1. The minimum Gasteiger partial charge on any atom is -0.393 e. The predicted octanol–water partition coefficient (Wildman–Crippen LogP) is 5.81. The van der Waals surface area contributed by atoms with Crippen LogP contribution in [0.25, 0.3) is 0 Å². The van der Waals surface area contributed by atoms with Crippen LogP contribution in [-0.4, -0.2) is 28.9 Å². The number of hydrogen-bond donors (Lipinski definition) is 2. The van der Waals surface area contributed by atoms with Crippen molar-refractivity contribution in [2.75, 3.05) is 5.75 Å². The first-order valence-corrected chi connectivity index (χ1v) is 14.1. The third-order valence-corrected chi connectivity index (χ3v) is 11.3. The van der Waals surface area contributed by atoms with Crippen LogP contribution in [0.1, 0.15) is 77.2 Å². The largest absolute Gasteiger partial charge is 0.393 e. The molecular weight excluding hydrogens is 414 g/mol. The summed E-state index contributed by atoms with van der Waals surface area (Å²) >= 11 is 1.72. The molecular formula is C28H41NO2S. The fraction of sp³-hybridized carbons (Fsp3) is 0.750. The zero-order valence-electron chi connectivity index (χ0n) is 19.9. The summed E-state index contributed by atoms with van der Waals surface area (Å²) in [5, 5.41) is 13.7. The predicted molar refractivity (Wildman–Crippen MR) is 132 cm³/mol. The van der Waals surface area contributed by atoms with E-state index in [0.29, 0.717) is 17.2 Å². The molecule has 0 aromatic heterocycles. The summed E-state index contributed by atoms with van der Waals surface area (Å²) < 4.78 is 0. The molecule has 0 radical (unpaired) electrons. The Kier molecular flexibility index (Phi) is 6.39. The number of hydrogen-bond acceptors (Lipinski definition) is 3. The molecule has 1 aromatic rings. The number of thioether (sulfide) groups is 1. The highest BCUT2D eigenvalue weighted by atomic mass is 32.2. The van der Waals surface area contributed by atoms with Gasteiger partial charge in [0.05, 0.1) is 11.9 Å². The van der Waals surface area contributed by atoms with Gasteiger partial charge in [0.25, 0.3) is 0 Å². The van der Waals surface area contributed by atoms with Gasteiger partial charge in [0.1, 0.15) is 0 Å². The van der Waals surface area contributed by atoms with Gasteiger partial charge in [-0.1, -0.05) is 44.2 Å². The highest BCUT2D eigenvalue weighted by molar-refractivity contribution is 7.99. The van der Waals surface area contributed by atoms with Gasteiger partial charge in [-0.15, -0.1) is 11.8 Å². The second-order valence-corrected chi connectivity index (χ2v) is 12.8. The lowest BCUT2D eigenvalue weighted by Crippen LogP contribution is -2.56. The molecule has 0 aliphatic heterocycles. The van der Waals surface area contributed by atoms with E-state index >= 15 is 0 Å². The van der Waals surface area contributed by atoms with E-state index in [9.17, 15) is 9.90 Å². The van der Waals surface area contributed by atoms with Crippen LogP contribution < -0.4 is 5.32 Å². The molecule has 4 fully saturated rings. The van der Waals surface area contributed by atoms with Crippen LogP contribution >= 0.6 is 11.8 Å². The second kappa shape index (κ2) is 8.98. The molecule has 4 aliphatic rings. The number of amides is 1. The highest BCUT2D eigenvalue weighted by Crippen LogP contribution is 2.66. The Morgan fingerprint density at radius 2 is 1.75 bits per heavy atom. The summed E-state index contributed by atoms with van der Waals surface area (Å²) in [6.07, 6.45) is 10.8. The summed E-state index contributed by atoms with van der Waals surface area (Å²) in [4.78, 5) is 12.8. The number of carbonyl (C=O) groups excluding carboxylic acids is 1. The molecule has 4 heteroatoms. The molecule has 4 aliphatic carbocycles. The van der Waals surface area contributed by atoms with E-state index < -0.39 is 0 Å². The fourth-order valence-corrected chi connectivity index (χ4v) is 9.34. The van der Waals surface area contributed by atoms with Crippen molar-refractivity contribution in [1.29, 1.82) is 0 Å². The third-order valence-electron chi connectivity index (χ3n) is 10.3. The second-order valence-electron chi connectivity index (χ2n) is 11.8. The summed E-state index contributed by atoms with van der Waals surface area (Å²) in [5.74, 6) is 4.79. The van der Waals surface area contributed by atoms with Gasteiger partial charge in [-0.2, -0.15) is 0 Å². The van der Waals surface area contributed by atoms with E-state index in [-0.39, 0.29) is 17.4 Å². The SMILES string of the molecule is CC12CCC(O)CC1CCC1C2CCC2(C)C(NC(=O)CSCc3ccccc3)CCC12. The topological polar surface area (TPSA) is 49.3 Å². The zero-order chi connectivity index (χ0) is 22.3. The van der Waals surface area contributed by atoms with Gasteiger partial charge >= 0.3 is 0 Å². The van der Waals surface area contributed by atoms with Gasteiger partial charge in [-0.25, -0.2) is 0 Å². The van der Waals surface area contributed by atoms with E-state index in [2.05, 4.69) is 43.4 Å². The normalized spacial score (nSPS) is 43.1. The molecule has 0 heterocycles. The van der Waals surface area contributed by atoms with Crippen LogP contribution in [0.15, 0.2) is 30.3 Å². The Hall–Kier alpha value is -1.00. The van der Waals surface area contributed by atoms with Gasteiger partial charge in [0.2, 0.25) is 5.91 Å². The van der Waals surface area contributed by atoms with Crippen molar-refractivity contribution in [3.8, 4) is 0 Å². The van der Waals surface area contributed by atoms with E-state index in [1.54, 1.807) is 11.8 Å². The monoisotopic (exact) mass is 455 g/mol. The zero-order valence-corrected chi connectivity index (χ0v) is 20.7. The molecule has 176 valence electrons. The van der Waals surface area contributed by atoms with E-state index in [1.807, 2.05) is 6.07 Å². The van der Waals surface area contributed by atoms with Crippen LogP contribution in [-0.2, 0) is 10.5 Å². The van der Waals surface area contributed by atoms with Crippen LogP contribution in [0.4, 0.5) is 0 Å². The third kappa shape index (κ3) is 4.04. The van der Waals surface area contributed by atoms with Gasteiger partial charge in [0, 0.05) is 11.8 Å². The first kappa shape index (κ1) is 22.8. The number of aliphatic hydroxyl groups excluding tert-OH is 1. The molecule has 1 aromatic carbocycles. The van der Waals surface area contributed by atoms with Crippen molar-refractivity contribution >= 4 is 17.7 Å². The lowest BCUT2D eigenvalue weighted by atomic mass is 9.45.